The van der Waals surface area contributed by atoms with Crippen molar-refractivity contribution < 1.29 is 9.59 Å². The minimum absolute atomic E-state index is 0.0795. The third-order valence-corrected chi connectivity index (χ3v) is 4.67. The number of nitrogens with zero attached hydrogens (tertiary/aromatic N) is 1. The van der Waals surface area contributed by atoms with Crippen LogP contribution in [0.5, 0.6) is 0 Å². The zero-order valence-electron chi connectivity index (χ0n) is 14.3. The molecule has 1 aliphatic rings. The maximum Gasteiger partial charge on any atom is 0.243 e. The number of aryl methyl sites for hydroxylation is 1. The Bertz CT molecular complexity index is 536. The van der Waals surface area contributed by atoms with E-state index in [1.165, 1.54) is 19.3 Å². The Hall–Kier alpha value is -1.84. The standard InChI is InChI=1S/C19H28N2O2/c1-3-16-11-7-8-12-17(16)20-18(22)14-21(2)19(23)13-15-9-5-4-6-10-15/h7-8,11-12,15H,3-6,9-10,13-14H2,1-2H3,(H,20,22). The van der Waals surface area contributed by atoms with E-state index in [0.717, 1.165) is 30.5 Å². The van der Waals surface area contributed by atoms with E-state index in [9.17, 15) is 9.59 Å². The minimum atomic E-state index is -0.134. The van der Waals surface area contributed by atoms with Gasteiger partial charge in [0.2, 0.25) is 11.8 Å². The van der Waals surface area contributed by atoms with Gasteiger partial charge in [-0.3, -0.25) is 9.59 Å². The lowest BCUT2D eigenvalue weighted by atomic mass is 9.87. The molecule has 126 valence electrons. The van der Waals surface area contributed by atoms with Gasteiger partial charge < -0.3 is 10.2 Å². The van der Waals surface area contributed by atoms with Crippen LogP contribution in [0.15, 0.2) is 24.3 Å². The van der Waals surface area contributed by atoms with Crippen LogP contribution in [0.25, 0.3) is 0 Å². The lowest BCUT2D eigenvalue weighted by molar-refractivity contribution is -0.134. The molecule has 0 bridgehead atoms. The number of rotatable bonds is 6. The highest BCUT2D eigenvalue weighted by molar-refractivity contribution is 5.95. The average molecular weight is 316 g/mol. The van der Waals surface area contributed by atoms with Gasteiger partial charge in [-0.25, -0.2) is 0 Å². The van der Waals surface area contributed by atoms with Crippen molar-refractivity contribution in [2.75, 3.05) is 18.9 Å². The zero-order valence-corrected chi connectivity index (χ0v) is 14.3. The first kappa shape index (κ1) is 17.5. The smallest absolute Gasteiger partial charge is 0.243 e. The molecule has 23 heavy (non-hydrogen) atoms. The van der Waals surface area contributed by atoms with E-state index in [-0.39, 0.29) is 18.4 Å². The second kappa shape index (κ2) is 8.70. The summed E-state index contributed by atoms with van der Waals surface area (Å²) in [4.78, 5) is 26.0. The van der Waals surface area contributed by atoms with Crippen molar-refractivity contribution in [3.05, 3.63) is 29.8 Å². The minimum Gasteiger partial charge on any atom is -0.336 e. The summed E-state index contributed by atoms with van der Waals surface area (Å²) in [6, 6.07) is 7.79. The number of hydrogen-bond donors (Lipinski definition) is 1. The fourth-order valence-electron chi connectivity index (χ4n) is 3.24. The number of para-hydroxylation sites is 1. The van der Waals surface area contributed by atoms with Gasteiger partial charge in [0.1, 0.15) is 0 Å². The fraction of sp³-hybridized carbons (Fsp3) is 0.579. The molecule has 0 saturated heterocycles. The number of likely N-dealkylation sites (N-methyl/N-ethyl adjacent to an activating group) is 1. The summed E-state index contributed by atoms with van der Waals surface area (Å²) in [5.41, 5.74) is 1.95. The molecule has 0 atom stereocenters. The van der Waals surface area contributed by atoms with Gasteiger partial charge in [0.05, 0.1) is 6.54 Å². The zero-order chi connectivity index (χ0) is 16.7. The SMILES string of the molecule is CCc1ccccc1NC(=O)CN(C)C(=O)CC1CCCCC1. The Morgan fingerprint density at radius 1 is 1.17 bits per heavy atom. The summed E-state index contributed by atoms with van der Waals surface area (Å²) in [7, 11) is 1.72. The lowest BCUT2D eigenvalue weighted by Gasteiger charge is -2.24. The largest absolute Gasteiger partial charge is 0.336 e. The van der Waals surface area contributed by atoms with Crippen molar-refractivity contribution in [1.29, 1.82) is 0 Å². The van der Waals surface area contributed by atoms with Gasteiger partial charge in [0.15, 0.2) is 0 Å². The molecular formula is C19H28N2O2. The van der Waals surface area contributed by atoms with Crippen molar-refractivity contribution >= 4 is 17.5 Å². The van der Waals surface area contributed by atoms with Crippen molar-refractivity contribution in [2.45, 2.75) is 51.9 Å². The summed E-state index contributed by atoms with van der Waals surface area (Å²) < 4.78 is 0. The molecule has 0 aromatic heterocycles. The van der Waals surface area contributed by atoms with Gasteiger partial charge >= 0.3 is 0 Å². The molecule has 1 N–H and O–H groups in total. The molecule has 1 aromatic rings. The summed E-state index contributed by atoms with van der Waals surface area (Å²) >= 11 is 0. The Kier molecular flexibility index (Phi) is 6.63. The normalized spacial score (nSPS) is 15.2. The van der Waals surface area contributed by atoms with Crippen LogP contribution >= 0.6 is 0 Å². The van der Waals surface area contributed by atoms with Crippen LogP contribution in [0.4, 0.5) is 5.69 Å². The number of carbonyl (C=O) groups is 2. The second-order valence-corrected chi connectivity index (χ2v) is 6.52. The molecule has 0 spiro atoms. The van der Waals surface area contributed by atoms with Crippen molar-refractivity contribution in [3.63, 3.8) is 0 Å². The van der Waals surface area contributed by atoms with Gasteiger partial charge in [-0.05, 0) is 36.8 Å². The Morgan fingerprint density at radius 2 is 1.87 bits per heavy atom. The summed E-state index contributed by atoms with van der Waals surface area (Å²) in [6.45, 7) is 2.18. The highest BCUT2D eigenvalue weighted by Crippen LogP contribution is 2.26. The predicted octanol–water partition coefficient (Wildman–Crippen LogP) is 3.62. The molecule has 1 saturated carbocycles. The predicted molar refractivity (Wildman–Crippen MR) is 93.3 cm³/mol. The van der Waals surface area contributed by atoms with Gasteiger partial charge in [0.25, 0.3) is 0 Å². The van der Waals surface area contributed by atoms with Crippen LogP contribution in [0.1, 0.15) is 51.0 Å². The Morgan fingerprint density at radius 3 is 2.57 bits per heavy atom. The fourth-order valence-corrected chi connectivity index (χ4v) is 3.24. The molecule has 2 amide bonds. The van der Waals surface area contributed by atoms with Crippen LogP contribution in [0.2, 0.25) is 0 Å². The number of anilines is 1. The van der Waals surface area contributed by atoms with E-state index >= 15 is 0 Å². The van der Waals surface area contributed by atoms with E-state index in [1.807, 2.05) is 24.3 Å². The van der Waals surface area contributed by atoms with Crippen molar-refractivity contribution in [2.24, 2.45) is 5.92 Å². The molecule has 4 heteroatoms. The third kappa shape index (κ3) is 5.38. The molecule has 1 aliphatic carbocycles. The highest BCUT2D eigenvalue weighted by Gasteiger charge is 2.20. The lowest BCUT2D eigenvalue weighted by Crippen LogP contribution is -2.36. The highest BCUT2D eigenvalue weighted by atomic mass is 16.2. The van der Waals surface area contributed by atoms with E-state index < -0.39 is 0 Å². The van der Waals surface area contributed by atoms with Gasteiger partial charge in [-0.2, -0.15) is 0 Å². The Labute approximate surface area is 139 Å². The van der Waals surface area contributed by atoms with Crippen molar-refractivity contribution in [3.8, 4) is 0 Å². The number of carbonyl (C=O) groups excluding carboxylic acids is 2. The first-order valence-corrected chi connectivity index (χ1v) is 8.72. The topological polar surface area (TPSA) is 49.4 Å². The molecule has 0 unspecified atom stereocenters. The second-order valence-electron chi connectivity index (χ2n) is 6.52. The number of amides is 2. The molecule has 2 rings (SSSR count). The summed E-state index contributed by atoms with van der Waals surface area (Å²) in [5.74, 6) is 0.448. The van der Waals surface area contributed by atoms with E-state index in [1.54, 1.807) is 11.9 Å². The molecule has 0 aliphatic heterocycles. The number of hydrogen-bond acceptors (Lipinski definition) is 2. The quantitative estimate of drug-likeness (QED) is 0.871. The molecule has 4 nitrogen and oxygen atoms in total. The van der Waals surface area contributed by atoms with E-state index in [0.29, 0.717) is 12.3 Å². The Balaban J connectivity index is 1.82. The first-order valence-electron chi connectivity index (χ1n) is 8.72. The van der Waals surface area contributed by atoms with Crippen LogP contribution in [-0.4, -0.2) is 30.3 Å². The monoisotopic (exact) mass is 316 g/mol. The van der Waals surface area contributed by atoms with Crippen LogP contribution in [0.3, 0.4) is 0 Å². The average Bonchev–Trinajstić information content (AvgIpc) is 2.56. The summed E-state index contributed by atoms with van der Waals surface area (Å²) in [5, 5.41) is 2.92. The maximum absolute atomic E-state index is 12.3. The van der Waals surface area contributed by atoms with Crippen LogP contribution in [-0.2, 0) is 16.0 Å². The van der Waals surface area contributed by atoms with Crippen molar-refractivity contribution in [1.82, 2.24) is 4.90 Å². The first-order chi connectivity index (χ1) is 11.1. The molecule has 0 heterocycles. The molecular weight excluding hydrogens is 288 g/mol. The molecule has 0 radical (unpaired) electrons. The van der Waals surface area contributed by atoms with E-state index in [4.69, 9.17) is 0 Å². The maximum atomic E-state index is 12.3. The number of nitrogens with one attached hydrogen (secondary N) is 1. The van der Waals surface area contributed by atoms with E-state index in [2.05, 4.69) is 12.2 Å². The number of benzene rings is 1. The van der Waals surface area contributed by atoms with Gasteiger partial charge in [-0.1, -0.05) is 44.4 Å². The van der Waals surface area contributed by atoms with Gasteiger partial charge in [-0.15, -0.1) is 0 Å². The van der Waals surface area contributed by atoms with Crippen LogP contribution in [0, 0.1) is 5.92 Å². The molecule has 1 aromatic carbocycles. The van der Waals surface area contributed by atoms with Gasteiger partial charge in [0, 0.05) is 19.2 Å². The molecule has 1 fully saturated rings. The third-order valence-electron chi connectivity index (χ3n) is 4.67. The van der Waals surface area contributed by atoms with Crippen LogP contribution < -0.4 is 5.32 Å². The summed E-state index contributed by atoms with van der Waals surface area (Å²) in [6.07, 6.45) is 7.50.